The largest absolute Gasteiger partial charge is 0.497 e. The summed E-state index contributed by atoms with van der Waals surface area (Å²) in [6.07, 6.45) is 8.05. The molecule has 0 saturated carbocycles. The summed E-state index contributed by atoms with van der Waals surface area (Å²) in [5, 5.41) is 12.1. The van der Waals surface area contributed by atoms with Crippen LogP contribution in [0.5, 0.6) is 0 Å². The molecule has 2 unspecified atom stereocenters. The first kappa shape index (κ1) is 28.2. The van der Waals surface area contributed by atoms with Gasteiger partial charge in [0.25, 0.3) is 0 Å². The number of amides is 3. The lowest BCUT2D eigenvalue weighted by molar-refractivity contribution is -0.164. The zero-order valence-electron chi connectivity index (χ0n) is 24.4. The molecule has 0 spiro atoms. The molecular formula is C31H34N8O4. The van der Waals surface area contributed by atoms with Gasteiger partial charge in [-0.2, -0.15) is 0 Å². The van der Waals surface area contributed by atoms with Crippen LogP contribution in [0, 0.1) is 5.92 Å². The Balaban J connectivity index is 1.30. The van der Waals surface area contributed by atoms with Crippen molar-refractivity contribution in [3.05, 3.63) is 106 Å². The predicted molar refractivity (Wildman–Crippen MR) is 160 cm³/mol. The number of nitrogens with one attached hydrogen (secondary N) is 1. The second-order valence-electron chi connectivity index (χ2n) is 11.0. The number of hydrogen-bond donors (Lipinski definition) is 1. The minimum atomic E-state index is -0.609. The van der Waals surface area contributed by atoms with Crippen LogP contribution in [0.1, 0.15) is 18.9 Å². The number of carbonyl (C=O) groups is 2. The number of benzene rings is 2. The molecule has 43 heavy (non-hydrogen) atoms. The Labute approximate surface area is 249 Å². The van der Waals surface area contributed by atoms with E-state index in [1.54, 1.807) is 12.1 Å². The Bertz CT molecular complexity index is 1620. The van der Waals surface area contributed by atoms with Gasteiger partial charge in [-0.1, -0.05) is 61.5 Å². The Morgan fingerprint density at radius 3 is 2.79 bits per heavy atom. The highest BCUT2D eigenvalue weighted by Gasteiger charge is 2.56. The number of piperazine rings is 1. The van der Waals surface area contributed by atoms with Crippen LogP contribution in [-0.2, 0) is 20.9 Å². The van der Waals surface area contributed by atoms with Crippen molar-refractivity contribution < 1.29 is 19.2 Å². The Morgan fingerprint density at radius 1 is 1.16 bits per heavy atom. The average Bonchev–Trinajstić information content (AvgIpc) is 3.14. The van der Waals surface area contributed by atoms with E-state index in [9.17, 15) is 9.59 Å². The van der Waals surface area contributed by atoms with Crippen LogP contribution in [0.4, 0.5) is 4.79 Å². The maximum Gasteiger partial charge on any atom is 0.334 e. The molecule has 3 atom stereocenters. The van der Waals surface area contributed by atoms with Crippen molar-refractivity contribution in [1.29, 1.82) is 0 Å². The van der Waals surface area contributed by atoms with Gasteiger partial charge in [0.1, 0.15) is 29.0 Å². The standard InChI is InChI=1S/C31H34N8O4/c1-20-28-30(40)37(17-23-11-7-10-22-9-4-5-13-25(22)23)19-27-38(28)26(29(20)43-35-34-32)18-36(2)39(27)31(41)33-16-21-8-6-12-24(42-3)15-14-21/h4-5,7-15,20,27-28H,6,16-19H2,1-3H3,(H,33,41)/t20?,27?,28-/m0/s1. The lowest BCUT2D eigenvalue weighted by Crippen LogP contribution is -2.72. The Kier molecular flexibility index (Phi) is 7.71. The number of ether oxygens (including phenoxy) is 1. The molecule has 0 bridgehead atoms. The number of methoxy groups -OCH3 is 1. The molecule has 2 aromatic carbocycles. The van der Waals surface area contributed by atoms with Crippen molar-refractivity contribution in [3.63, 3.8) is 0 Å². The highest BCUT2D eigenvalue weighted by atomic mass is 16.6. The summed E-state index contributed by atoms with van der Waals surface area (Å²) in [5.74, 6) is 0.786. The normalized spacial score (nSPS) is 23.4. The maximum atomic E-state index is 14.1. The van der Waals surface area contributed by atoms with E-state index in [1.165, 1.54) is 0 Å². The number of carbonyl (C=O) groups excluding carboxylic acids is 2. The fourth-order valence-electron chi connectivity index (χ4n) is 6.54. The number of azide groups is 1. The van der Waals surface area contributed by atoms with Crippen molar-refractivity contribution >= 4 is 22.7 Å². The molecule has 4 aliphatic rings. The topological polar surface area (TPSA) is 126 Å². The van der Waals surface area contributed by atoms with Crippen molar-refractivity contribution in [2.24, 2.45) is 11.2 Å². The molecule has 1 N–H and O–H groups in total. The number of fused-ring (bicyclic) bond motifs is 1. The van der Waals surface area contributed by atoms with Crippen molar-refractivity contribution in [2.45, 2.75) is 32.1 Å². The third kappa shape index (κ3) is 5.15. The van der Waals surface area contributed by atoms with Crippen LogP contribution in [0.15, 0.2) is 94.8 Å². The summed E-state index contributed by atoms with van der Waals surface area (Å²) in [5.41, 5.74) is 11.7. The van der Waals surface area contributed by atoms with Gasteiger partial charge < -0.3 is 24.7 Å². The molecule has 3 amide bonds. The van der Waals surface area contributed by atoms with Crippen molar-refractivity contribution in [3.8, 4) is 0 Å². The third-order valence-electron chi connectivity index (χ3n) is 8.55. The Morgan fingerprint density at radius 2 is 1.98 bits per heavy atom. The van der Waals surface area contributed by atoms with Crippen molar-refractivity contribution in [2.75, 3.05) is 33.8 Å². The molecule has 2 aromatic rings. The first-order valence-corrected chi connectivity index (χ1v) is 14.3. The van der Waals surface area contributed by atoms with Crippen LogP contribution in [-0.4, -0.2) is 77.8 Å². The van der Waals surface area contributed by atoms with Gasteiger partial charge in [0, 0.05) is 31.0 Å². The quantitative estimate of drug-likeness (QED) is 0.221. The molecular weight excluding hydrogens is 548 g/mol. The summed E-state index contributed by atoms with van der Waals surface area (Å²) in [7, 11) is 3.46. The highest BCUT2D eigenvalue weighted by Crippen LogP contribution is 2.43. The van der Waals surface area contributed by atoms with Crippen LogP contribution >= 0.6 is 0 Å². The molecule has 0 radical (unpaired) electrons. The minimum absolute atomic E-state index is 0.0613. The van der Waals surface area contributed by atoms with E-state index in [0.29, 0.717) is 31.8 Å². The number of hydrazine groups is 1. The van der Waals surface area contributed by atoms with Gasteiger partial charge in [-0.25, -0.2) is 14.8 Å². The lowest BCUT2D eigenvalue weighted by atomic mass is 9.97. The van der Waals surface area contributed by atoms with Crippen LogP contribution < -0.4 is 5.32 Å². The second kappa shape index (κ2) is 11.7. The zero-order chi connectivity index (χ0) is 30.1. The summed E-state index contributed by atoms with van der Waals surface area (Å²) < 4.78 is 5.33. The molecule has 12 nitrogen and oxygen atoms in total. The predicted octanol–water partition coefficient (Wildman–Crippen LogP) is 4.57. The molecule has 3 aliphatic heterocycles. The van der Waals surface area contributed by atoms with Gasteiger partial charge >= 0.3 is 6.03 Å². The number of rotatable bonds is 7. The summed E-state index contributed by atoms with van der Waals surface area (Å²) in [6, 6.07) is 13.3. The molecule has 1 aliphatic carbocycles. The van der Waals surface area contributed by atoms with E-state index in [2.05, 4.69) is 33.7 Å². The monoisotopic (exact) mass is 582 g/mol. The maximum absolute atomic E-state index is 14.1. The van der Waals surface area contributed by atoms with E-state index in [1.807, 2.05) is 77.3 Å². The second-order valence-corrected chi connectivity index (χ2v) is 11.0. The number of urea groups is 1. The lowest BCUT2D eigenvalue weighted by Gasteiger charge is -2.54. The fraction of sp³-hybridized carbons (Fsp3) is 0.355. The SMILES string of the molecule is COC1=CCC=C(CNC(=O)N2C3CN(Cc4cccc5ccccc45)C(=O)[C@@H]4C(C)C(ON=[N+]=[N-])=C(CN2C)N34)C=C1. The van der Waals surface area contributed by atoms with Gasteiger partial charge in [-0.15, -0.1) is 0 Å². The van der Waals surface area contributed by atoms with Crippen LogP contribution in [0.2, 0.25) is 0 Å². The molecule has 2 saturated heterocycles. The van der Waals surface area contributed by atoms with E-state index in [-0.39, 0.29) is 24.4 Å². The fourth-order valence-corrected chi connectivity index (χ4v) is 6.54. The highest BCUT2D eigenvalue weighted by molar-refractivity contribution is 5.88. The molecule has 12 heteroatoms. The van der Waals surface area contributed by atoms with Gasteiger partial charge in [0.15, 0.2) is 0 Å². The molecule has 3 heterocycles. The van der Waals surface area contributed by atoms with Gasteiger partial charge in [0.05, 0.1) is 25.9 Å². The molecule has 2 fully saturated rings. The van der Waals surface area contributed by atoms with Gasteiger partial charge in [-0.05, 0) is 46.0 Å². The first-order valence-electron chi connectivity index (χ1n) is 14.3. The molecule has 0 aromatic heterocycles. The Hall–Kier alpha value is -4.93. The van der Waals surface area contributed by atoms with E-state index in [4.69, 9.17) is 15.1 Å². The minimum Gasteiger partial charge on any atom is -0.497 e. The first-order chi connectivity index (χ1) is 20.9. The average molecular weight is 583 g/mol. The zero-order valence-corrected chi connectivity index (χ0v) is 24.4. The number of likely N-dealkylation sites (N-methyl/N-ethyl adjacent to an activating group) is 1. The van der Waals surface area contributed by atoms with E-state index in [0.717, 1.165) is 33.4 Å². The summed E-state index contributed by atoms with van der Waals surface area (Å²) in [6.45, 7) is 3.21. The van der Waals surface area contributed by atoms with Crippen LogP contribution in [0.3, 0.4) is 0 Å². The molecule has 6 rings (SSSR count). The summed E-state index contributed by atoms with van der Waals surface area (Å²) >= 11 is 0. The number of allylic oxidation sites excluding steroid dienone is 3. The van der Waals surface area contributed by atoms with Gasteiger partial charge in [0.2, 0.25) is 5.91 Å². The molecule has 222 valence electrons. The smallest absolute Gasteiger partial charge is 0.334 e. The van der Waals surface area contributed by atoms with Gasteiger partial charge in [-0.3, -0.25) is 4.79 Å². The van der Waals surface area contributed by atoms with Crippen LogP contribution in [0.25, 0.3) is 21.2 Å². The summed E-state index contributed by atoms with van der Waals surface area (Å²) in [4.78, 5) is 40.0. The third-order valence-corrected chi connectivity index (χ3v) is 8.55. The van der Waals surface area contributed by atoms with E-state index >= 15 is 0 Å². The number of hydrogen-bond acceptors (Lipinski definition) is 7. The number of nitrogens with zero attached hydrogens (tertiary/aromatic N) is 7. The van der Waals surface area contributed by atoms with Crippen molar-refractivity contribution in [1.82, 2.24) is 25.1 Å². The van der Waals surface area contributed by atoms with E-state index < -0.39 is 12.2 Å².